The minimum absolute atomic E-state index is 0.212. The number of carbonyl (C=O) groups is 2. The van der Waals surface area contributed by atoms with Crippen LogP contribution in [0.25, 0.3) is 15.7 Å². The van der Waals surface area contributed by atoms with Gasteiger partial charge in [0.05, 0.1) is 17.1 Å². The largest absolute Gasteiger partial charge is 0.383 e. The van der Waals surface area contributed by atoms with Gasteiger partial charge in [0.1, 0.15) is 12.5 Å². The van der Waals surface area contributed by atoms with Crippen molar-refractivity contribution in [2.45, 2.75) is 6.92 Å². The van der Waals surface area contributed by atoms with Crippen molar-refractivity contribution in [2.75, 3.05) is 25.2 Å². The molecule has 2 amide bonds. The summed E-state index contributed by atoms with van der Waals surface area (Å²) in [5.41, 5.74) is 14.4. The Morgan fingerprint density at radius 2 is 2.17 bits per heavy atom. The van der Waals surface area contributed by atoms with Gasteiger partial charge >= 0.3 is 0 Å². The molecule has 0 bridgehead atoms. The van der Waals surface area contributed by atoms with E-state index in [0.29, 0.717) is 18.1 Å². The van der Waals surface area contributed by atoms with Gasteiger partial charge in [-0.25, -0.2) is 4.99 Å². The minimum Gasteiger partial charge on any atom is -0.383 e. The number of carbonyl (C=O) groups excluding carboxylic acids is 2. The van der Waals surface area contributed by atoms with Crippen LogP contribution in [-0.4, -0.2) is 37.9 Å². The first kappa shape index (κ1) is 20.3. The Hall–Kier alpha value is -3.39. The molecule has 0 saturated heterocycles. The van der Waals surface area contributed by atoms with Crippen LogP contribution < -0.4 is 21.7 Å². The third kappa shape index (κ3) is 4.07. The Bertz CT molecular complexity index is 1090. The van der Waals surface area contributed by atoms with Crippen LogP contribution in [0.5, 0.6) is 0 Å². The zero-order chi connectivity index (χ0) is 21.1. The molecular weight excluding hydrogens is 386 g/mol. The first-order chi connectivity index (χ1) is 13.8. The zero-order valence-corrected chi connectivity index (χ0v) is 17.2. The number of aliphatic imine (C=N–C) groups is 1. The van der Waals surface area contributed by atoms with Gasteiger partial charge in [-0.3, -0.25) is 9.59 Å². The van der Waals surface area contributed by atoms with Crippen LogP contribution in [0.3, 0.4) is 0 Å². The minimum atomic E-state index is -0.596. The second-order valence-electron chi connectivity index (χ2n) is 6.57. The van der Waals surface area contributed by atoms with Crippen LogP contribution in [0.4, 0.5) is 5.69 Å². The molecule has 2 aromatic rings. The van der Waals surface area contributed by atoms with Crippen LogP contribution in [0.1, 0.15) is 17.4 Å². The number of thiophene rings is 1. The number of anilines is 1. The Kier molecular flexibility index (Phi) is 5.84. The quantitative estimate of drug-likeness (QED) is 0.501. The second kappa shape index (κ2) is 8.32. The molecule has 0 unspecified atom stereocenters. The monoisotopic (exact) mass is 409 g/mol. The number of primary amides is 1. The summed E-state index contributed by atoms with van der Waals surface area (Å²) >= 11 is 1.59. The van der Waals surface area contributed by atoms with Crippen molar-refractivity contribution in [2.24, 2.45) is 16.5 Å². The lowest BCUT2D eigenvalue weighted by atomic mass is 10.0. The molecule has 1 aliphatic rings. The number of nitrogens with zero attached hydrogens (tertiary/aromatic N) is 2. The number of nitrogens with two attached hydrogens (primary N) is 2. The topological polar surface area (TPSA) is 114 Å². The predicted octanol–water partition coefficient (Wildman–Crippen LogP) is 2.13. The van der Waals surface area contributed by atoms with E-state index in [4.69, 9.17) is 11.5 Å². The predicted molar refractivity (Wildman–Crippen MR) is 120 cm³/mol. The third-order valence-electron chi connectivity index (χ3n) is 4.59. The number of rotatable bonds is 6. The van der Waals surface area contributed by atoms with Crippen LogP contribution >= 0.6 is 11.3 Å². The molecule has 8 heteroatoms. The molecule has 0 radical (unpaired) electrons. The fraction of sp³-hybridized carbons (Fsp3) is 0.190. The molecule has 0 aliphatic carbocycles. The lowest BCUT2D eigenvalue weighted by molar-refractivity contribution is -0.122. The van der Waals surface area contributed by atoms with Crippen LogP contribution in [0.2, 0.25) is 0 Å². The molecule has 0 atom stereocenters. The molecule has 29 heavy (non-hydrogen) atoms. The third-order valence-corrected chi connectivity index (χ3v) is 5.76. The van der Waals surface area contributed by atoms with E-state index in [1.54, 1.807) is 36.5 Å². The summed E-state index contributed by atoms with van der Waals surface area (Å²) in [6, 6.07) is 6.10. The van der Waals surface area contributed by atoms with Gasteiger partial charge in [0, 0.05) is 22.7 Å². The molecule has 0 spiro atoms. The molecule has 5 N–H and O–H groups in total. The molecule has 150 valence electrons. The van der Waals surface area contributed by atoms with Crippen LogP contribution in [0, 0.1) is 0 Å². The maximum absolute atomic E-state index is 12.3. The molecule has 1 aromatic carbocycles. The van der Waals surface area contributed by atoms with Gasteiger partial charge in [0.2, 0.25) is 5.91 Å². The van der Waals surface area contributed by atoms with Crippen molar-refractivity contribution in [3.05, 3.63) is 59.0 Å². The summed E-state index contributed by atoms with van der Waals surface area (Å²) in [5.74, 6) is -0.409. The number of hydrogen-bond donors (Lipinski definition) is 3. The lowest BCUT2D eigenvalue weighted by Gasteiger charge is -2.22. The lowest BCUT2D eigenvalue weighted by Crippen LogP contribution is -2.33. The fourth-order valence-corrected chi connectivity index (χ4v) is 4.33. The summed E-state index contributed by atoms with van der Waals surface area (Å²) in [4.78, 5) is 30.6. The SMILES string of the molecule is C=CC(=CC(=CC)C(=O)NCC(N)=O)c1ccc2c3c(sc2c1)C(N)=NCN3C. The van der Waals surface area contributed by atoms with E-state index in [-0.39, 0.29) is 12.5 Å². The van der Waals surface area contributed by atoms with Gasteiger partial charge < -0.3 is 21.7 Å². The summed E-state index contributed by atoms with van der Waals surface area (Å²) in [6.07, 6.45) is 5.11. The van der Waals surface area contributed by atoms with E-state index in [9.17, 15) is 9.59 Å². The van der Waals surface area contributed by atoms with Crippen molar-refractivity contribution in [3.63, 3.8) is 0 Å². The molecule has 0 fully saturated rings. The molecule has 1 aliphatic heterocycles. The highest BCUT2D eigenvalue weighted by molar-refractivity contribution is 7.21. The van der Waals surface area contributed by atoms with E-state index < -0.39 is 5.91 Å². The van der Waals surface area contributed by atoms with Gasteiger partial charge in [-0.2, -0.15) is 0 Å². The standard InChI is InChI=1S/C21H23N5O2S/c1-4-12(8-13(5-2)21(28)24-10-17(22)27)14-6-7-15-16(9-14)29-19-18(15)26(3)11-25-20(19)23/h4-9H,1,10-11H2,2-3H3,(H2,22,27)(H2,23,25)(H,24,28). The first-order valence-corrected chi connectivity index (χ1v) is 9.82. The van der Waals surface area contributed by atoms with Crippen molar-refractivity contribution in [1.29, 1.82) is 0 Å². The number of fused-ring (bicyclic) bond motifs is 3. The highest BCUT2D eigenvalue weighted by Crippen LogP contribution is 2.40. The molecule has 2 heterocycles. The van der Waals surface area contributed by atoms with E-state index >= 15 is 0 Å². The van der Waals surface area contributed by atoms with Gasteiger partial charge in [0.15, 0.2) is 0 Å². The van der Waals surface area contributed by atoms with Crippen molar-refractivity contribution >= 4 is 50.3 Å². The van der Waals surface area contributed by atoms with E-state index in [0.717, 1.165) is 31.8 Å². The second-order valence-corrected chi connectivity index (χ2v) is 7.62. The molecule has 0 saturated carbocycles. The molecule has 7 nitrogen and oxygen atoms in total. The summed E-state index contributed by atoms with van der Waals surface area (Å²) in [7, 11) is 1.99. The van der Waals surface area contributed by atoms with E-state index in [2.05, 4.69) is 33.9 Å². The summed E-state index contributed by atoms with van der Waals surface area (Å²) in [5, 5.41) is 3.61. The molecule has 1 aromatic heterocycles. The van der Waals surface area contributed by atoms with Gasteiger partial charge in [-0.05, 0) is 30.2 Å². The first-order valence-electron chi connectivity index (χ1n) is 9.01. The van der Waals surface area contributed by atoms with Gasteiger partial charge in [0.25, 0.3) is 5.91 Å². The maximum atomic E-state index is 12.3. The summed E-state index contributed by atoms with van der Waals surface area (Å²) < 4.78 is 1.08. The van der Waals surface area contributed by atoms with Crippen LogP contribution in [-0.2, 0) is 9.59 Å². The van der Waals surface area contributed by atoms with E-state index in [1.807, 2.05) is 13.1 Å². The fourth-order valence-electron chi connectivity index (χ4n) is 3.12. The smallest absolute Gasteiger partial charge is 0.251 e. The number of nitrogens with one attached hydrogen (secondary N) is 1. The molecule has 3 rings (SSSR count). The Balaban J connectivity index is 1.98. The normalized spacial score (nSPS) is 14.4. The summed E-state index contributed by atoms with van der Waals surface area (Å²) in [6.45, 7) is 5.96. The van der Waals surface area contributed by atoms with E-state index in [1.165, 1.54) is 0 Å². The van der Waals surface area contributed by atoms with Crippen LogP contribution in [0.15, 0.2) is 53.6 Å². The average Bonchev–Trinajstić information content (AvgIpc) is 3.10. The molecular formula is C21H23N5O2S. The highest BCUT2D eigenvalue weighted by atomic mass is 32.1. The number of amides is 2. The highest BCUT2D eigenvalue weighted by Gasteiger charge is 2.22. The Morgan fingerprint density at radius 3 is 2.83 bits per heavy atom. The number of allylic oxidation sites excluding steroid dienone is 3. The van der Waals surface area contributed by atoms with Gasteiger partial charge in [-0.15, -0.1) is 11.3 Å². The maximum Gasteiger partial charge on any atom is 0.251 e. The van der Waals surface area contributed by atoms with Gasteiger partial charge in [-0.1, -0.05) is 30.9 Å². The number of hydrogen-bond acceptors (Lipinski definition) is 6. The van der Waals surface area contributed by atoms with Crippen molar-refractivity contribution in [3.8, 4) is 0 Å². The Morgan fingerprint density at radius 1 is 1.41 bits per heavy atom. The number of amidine groups is 1. The van der Waals surface area contributed by atoms with Crippen molar-refractivity contribution in [1.82, 2.24) is 5.32 Å². The average molecular weight is 410 g/mol. The number of benzene rings is 1. The Labute approximate surface area is 173 Å². The van der Waals surface area contributed by atoms with Crippen molar-refractivity contribution < 1.29 is 9.59 Å². The zero-order valence-electron chi connectivity index (χ0n) is 16.4.